The van der Waals surface area contributed by atoms with Gasteiger partial charge in [-0.1, -0.05) is 30.3 Å². The summed E-state index contributed by atoms with van der Waals surface area (Å²) in [6.07, 6.45) is -7.44. The minimum atomic E-state index is -4.97. The van der Waals surface area contributed by atoms with Crippen molar-refractivity contribution >= 4 is 5.91 Å². The van der Waals surface area contributed by atoms with E-state index in [9.17, 15) is 31.1 Å². The molecular formula is C21H15F6N3O. The predicted molar refractivity (Wildman–Crippen MR) is 99.7 cm³/mol. The molecule has 0 aliphatic carbocycles. The second-order valence-electron chi connectivity index (χ2n) is 6.73. The summed E-state index contributed by atoms with van der Waals surface area (Å²) in [5, 5.41) is 0. The van der Waals surface area contributed by atoms with Gasteiger partial charge in [0.15, 0.2) is 0 Å². The number of carbonyl (C=O) groups excluding carboxylic acids is 1. The average Bonchev–Trinajstić information content (AvgIpc) is 2.72. The van der Waals surface area contributed by atoms with Crippen molar-refractivity contribution in [2.24, 2.45) is 0 Å². The van der Waals surface area contributed by atoms with E-state index in [0.29, 0.717) is 23.4 Å². The Morgan fingerprint density at radius 2 is 1.52 bits per heavy atom. The number of carbonyl (C=O) groups is 1. The van der Waals surface area contributed by atoms with E-state index in [1.807, 2.05) is 0 Å². The molecule has 0 radical (unpaired) electrons. The summed E-state index contributed by atoms with van der Waals surface area (Å²) in [5.74, 6) is -0.648. The zero-order valence-corrected chi connectivity index (χ0v) is 16.0. The molecule has 162 valence electrons. The van der Waals surface area contributed by atoms with Crippen molar-refractivity contribution in [3.8, 4) is 11.3 Å². The lowest BCUT2D eigenvalue weighted by molar-refractivity contribution is -0.143. The van der Waals surface area contributed by atoms with Crippen molar-refractivity contribution in [3.63, 3.8) is 0 Å². The largest absolute Gasteiger partial charge is 0.416 e. The van der Waals surface area contributed by atoms with Crippen molar-refractivity contribution in [2.45, 2.75) is 18.9 Å². The molecule has 0 N–H and O–H groups in total. The third kappa shape index (κ3) is 5.19. The van der Waals surface area contributed by atoms with Gasteiger partial charge in [-0.3, -0.25) is 4.79 Å². The number of amides is 1. The zero-order chi connectivity index (χ0) is 22.8. The molecule has 4 nitrogen and oxygen atoms in total. The topological polar surface area (TPSA) is 46.1 Å². The van der Waals surface area contributed by atoms with Crippen molar-refractivity contribution in [2.75, 3.05) is 7.05 Å². The van der Waals surface area contributed by atoms with E-state index in [0.717, 1.165) is 4.90 Å². The maximum atomic E-state index is 13.1. The van der Waals surface area contributed by atoms with Crippen LogP contribution in [0.3, 0.4) is 0 Å². The van der Waals surface area contributed by atoms with Crippen LogP contribution in [0.15, 0.2) is 61.1 Å². The number of nitrogens with zero attached hydrogens (tertiary/aromatic N) is 3. The highest BCUT2D eigenvalue weighted by Crippen LogP contribution is 2.36. The van der Waals surface area contributed by atoms with Gasteiger partial charge in [-0.05, 0) is 23.8 Å². The Bertz CT molecular complexity index is 1050. The van der Waals surface area contributed by atoms with Crippen molar-refractivity contribution in [3.05, 3.63) is 83.3 Å². The van der Waals surface area contributed by atoms with Crippen LogP contribution < -0.4 is 0 Å². The summed E-state index contributed by atoms with van der Waals surface area (Å²) in [4.78, 5) is 21.8. The lowest BCUT2D eigenvalue weighted by atomic mass is 10.0. The molecule has 0 fully saturated rings. The minimum Gasteiger partial charge on any atom is -0.337 e. The van der Waals surface area contributed by atoms with Gasteiger partial charge in [0, 0.05) is 25.4 Å². The first kappa shape index (κ1) is 22.3. The van der Waals surface area contributed by atoms with E-state index in [-0.39, 0.29) is 17.2 Å². The Morgan fingerprint density at radius 1 is 0.935 bits per heavy atom. The van der Waals surface area contributed by atoms with Crippen LogP contribution in [0.5, 0.6) is 0 Å². The van der Waals surface area contributed by atoms with E-state index in [4.69, 9.17) is 0 Å². The smallest absolute Gasteiger partial charge is 0.337 e. The fraction of sp³-hybridized carbons (Fsp3) is 0.190. The van der Waals surface area contributed by atoms with Crippen LogP contribution in [0, 0.1) is 0 Å². The Balaban J connectivity index is 1.94. The second-order valence-corrected chi connectivity index (χ2v) is 6.73. The molecule has 1 aromatic heterocycles. The minimum absolute atomic E-state index is 0.0455. The SMILES string of the molecule is CN(Cc1cc(C(F)(F)F)cc(C(F)(F)F)c1)C(=O)c1cncnc1-c1ccccc1. The molecule has 0 saturated carbocycles. The van der Waals surface area contributed by atoms with Gasteiger partial charge < -0.3 is 4.90 Å². The molecule has 31 heavy (non-hydrogen) atoms. The van der Waals surface area contributed by atoms with E-state index in [1.165, 1.54) is 19.6 Å². The van der Waals surface area contributed by atoms with Gasteiger partial charge in [0.25, 0.3) is 5.91 Å². The van der Waals surface area contributed by atoms with Crippen LogP contribution in [-0.2, 0) is 18.9 Å². The highest BCUT2D eigenvalue weighted by Gasteiger charge is 2.37. The number of benzene rings is 2. The van der Waals surface area contributed by atoms with Crippen molar-refractivity contribution in [1.82, 2.24) is 14.9 Å². The van der Waals surface area contributed by atoms with E-state index in [1.54, 1.807) is 30.3 Å². The van der Waals surface area contributed by atoms with Gasteiger partial charge in [-0.15, -0.1) is 0 Å². The first-order chi connectivity index (χ1) is 14.5. The summed E-state index contributed by atoms with van der Waals surface area (Å²) >= 11 is 0. The molecule has 1 heterocycles. The Morgan fingerprint density at radius 3 is 2.06 bits per heavy atom. The predicted octanol–water partition coefficient (Wildman–Crippen LogP) is 5.45. The molecule has 0 saturated heterocycles. The highest BCUT2D eigenvalue weighted by atomic mass is 19.4. The molecule has 0 aliphatic heterocycles. The van der Waals surface area contributed by atoms with Crippen LogP contribution in [0.1, 0.15) is 27.0 Å². The first-order valence-electron chi connectivity index (χ1n) is 8.86. The zero-order valence-electron chi connectivity index (χ0n) is 16.0. The van der Waals surface area contributed by atoms with Crippen LogP contribution in [0.2, 0.25) is 0 Å². The molecule has 0 atom stereocenters. The van der Waals surface area contributed by atoms with Gasteiger partial charge in [0.05, 0.1) is 22.4 Å². The number of rotatable bonds is 4. The molecule has 0 aliphatic rings. The van der Waals surface area contributed by atoms with Crippen molar-refractivity contribution in [1.29, 1.82) is 0 Å². The van der Waals surface area contributed by atoms with Gasteiger partial charge in [0.1, 0.15) is 6.33 Å². The normalized spacial score (nSPS) is 12.0. The molecule has 2 aromatic carbocycles. The fourth-order valence-corrected chi connectivity index (χ4v) is 2.97. The van der Waals surface area contributed by atoms with Crippen LogP contribution in [0.25, 0.3) is 11.3 Å². The summed E-state index contributed by atoms with van der Waals surface area (Å²) in [6.45, 7) is -0.477. The third-order valence-corrected chi connectivity index (χ3v) is 4.40. The molecule has 10 heteroatoms. The number of aromatic nitrogens is 2. The number of hydrogen-bond donors (Lipinski definition) is 0. The van der Waals surface area contributed by atoms with Gasteiger partial charge >= 0.3 is 12.4 Å². The fourth-order valence-electron chi connectivity index (χ4n) is 2.97. The molecule has 0 unspecified atom stereocenters. The highest BCUT2D eigenvalue weighted by molar-refractivity contribution is 5.99. The molecule has 3 aromatic rings. The Labute approximate surface area is 173 Å². The molecule has 0 spiro atoms. The number of halogens is 6. The van der Waals surface area contributed by atoms with Gasteiger partial charge in [-0.2, -0.15) is 26.3 Å². The summed E-state index contributed by atoms with van der Waals surface area (Å²) in [6, 6.07) is 9.89. The molecular weight excluding hydrogens is 424 g/mol. The lowest BCUT2D eigenvalue weighted by Gasteiger charge is -2.20. The van der Waals surface area contributed by atoms with E-state index in [2.05, 4.69) is 9.97 Å². The number of alkyl halides is 6. The standard InChI is InChI=1S/C21H15F6N3O/c1-30(11-13-7-15(20(22,23)24)9-16(8-13)21(25,26)27)19(31)17-10-28-12-29-18(17)14-5-3-2-4-6-14/h2-10,12H,11H2,1H3. The van der Waals surface area contributed by atoms with Gasteiger partial charge in [-0.25, -0.2) is 9.97 Å². The maximum Gasteiger partial charge on any atom is 0.416 e. The van der Waals surface area contributed by atoms with E-state index < -0.39 is 35.9 Å². The second kappa shape index (κ2) is 8.37. The van der Waals surface area contributed by atoms with Gasteiger partial charge in [0.2, 0.25) is 0 Å². The first-order valence-corrected chi connectivity index (χ1v) is 8.86. The molecule has 0 bridgehead atoms. The lowest BCUT2D eigenvalue weighted by Crippen LogP contribution is -2.27. The Kier molecular flexibility index (Phi) is 6.01. The summed E-state index contributed by atoms with van der Waals surface area (Å²) < 4.78 is 78.4. The summed E-state index contributed by atoms with van der Waals surface area (Å²) in [7, 11) is 1.28. The molecule has 3 rings (SSSR count). The van der Waals surface area contributed by atoms with E-state index >= 15 is 0 Å². The van der Waals surface area contributed by atoms with Crippen LogP contribution in [0.4, 0.5) is 26.3 Å². The quantitative estimate of drug-likeness (QED) is 0.508. The summed E-state index contributed by atoms with van der Waals surface area (Å²) in [5.41, 5.74) is -2.21. The Hall–Kier alpha value is -3.43. The number of hydrogen-bond acceptors (Lipinski definition) is 3. The maximum absolute atomic E-state index is 13.1. The van der Waals surface area contributed by atoms with Crippen LogP contribution in [-0.4, -0.2) is 27.8 Å². The van der Waals surface area contributed by atoms with Crippen LogP contribution >= 0.6 is 0 Å². The third-order valence-electron chi connectivity index (χ3n) is 4.40. The van der Waals surface area contributed by atoms with Crippen molar-refractivity contribution < 1.29 is 31.1 Å². The molecule has 1 amide bonds. The average molecular weight is 439 g/mol. The monoisotopic (exact) mass is 439 g/mol.